The lowest BCUT2D eigenvalue weighted by atomic mass is 10.0. The van der Waals surface area contributed by atoms with Crippen LogP contribution >= 0.6 is 0 Å². The maximum atomic E-state index is 14.9. The molecular formula is C25H23FN4O. The highest BCUT2D eigenvalue weighted by Crippen LogP contribution is 2.32. The number of fused-ring (bicyclic) bond motifs is 1. The molecule has 0 bridgehead atoms. The maximum Gasteiger partial charge on any atom is 0.165 e. The highest BCUT2D eigenvalue weighted by atomic mass is 19.1. The summed E-state index contributed by atoms with van der Waals surface area (Å²) in [5.41, 5.74) is 5.43. The SMILES string of the molecule is CC(Oc1ccc(-c2cc3c(C4=CCNCC4)ncnc3[nH]2)cc1F)c1ccccc1. The van der Waals surface area contributed by atoms with Crippen molar-refractivity contribution in [2.24, 2.45) is 0 Å². The molecule has 1 aliphatic rings. The number of hydrogen-bond acceptors (Lipinski definition) is 4. The summed E-state index contributed by atoms with van der Waals surface area (Å²) in [6, 6.07) is 16.8. The molecule has 0 spiro atoms. The number of hydrogen-bond donors (Lipinski definition) is 2. The zero-order valence-corrected chi connectivity index (χ0v) is 17.2. The van der Waals surface area contributed by atoms with Crippen molar-refractivity contribution in [3.8, 4) is 17.0 Å². The lowest BCUT2D eigenvalue weighted by molar-refractivity contribution is 0.216. The monoisotopic (exact) mass is 414 g/mol. The van der Waals surface area contributed by atoms with Crippen molar-refractivity contribution in [1.82, 2.24) is 20.3 Å². The van der Waals surface area contributed by atoms with Gasteiger partial charge in [0.05, 0.1) is 5.69 Å². The van der Waals surface area contributed by atoms with Crippen molar-refractivity contribution >= 4 is 16.6 Å². The van der Waals surface area contributed by atoms with Crippen molar-refractivity contribution < 1.29 is 9.13 Å². The van der Waals surface area contributed by atoms with Gasteiger partial charge >= 0.3 is 0 Å². The number of nitrogens with one attached hydrogen (secondary N) is 2. The Morgan fingerprint density at radius 1 is 1.06 bits per heavy atom. The molecule has 0 aliphatic carbocycles. The molecule has 0 saturated carbocycles. The van der Waals surface area contributed by atoms with Gasteiger partial charge in [0, 0.05) is 23.2 Å². The number of halogens is 1. The molecule has 156 valence electrons. The van der Waals surface area contributed by atoms with Crippen molar-refractivity contribution in [3.05, 3.63) is 84.1 Å². The lowest BCUT2D eigenvalue weighted by Gasteiger charge is -2.16. The van der Waals surface area contributed by atoms with Crippen LogP contribution in [-0.4, -0.2) is 28.0 Å². The molecule has 0 radical (unpaired) electrons. The van der Waals surface area contributed by atoms with E-state index in [1.54, 1.807) is 12.4 Å². The summed E-state index contributed by atoms with van der Waals surface area (Å²) in [5.74, 6) is -0.164. The maximum absolute atomic E-state index is 14.9. The standard InChI is InChI=1S/C25H23FN4O/c1-16(17-5-3-2-4-6-17)31-23-8-7-19(13-21(23)26)22-14-20-24(18-9-11-27-12-10-18)28-15-29-25(20)30-22/h2-9,13-16,27H,10-12H2,1H3,(H,28,29,30). The van der Waals surface area contributed by atoms with E-state index in [0.29, 0.717) is 0 Å². The summed E-state index contributed by atoms with van der Waals surface area (Å²) >= 11 is 0. The first kappa shape index (κ1) is 19.5. The van der Waals surface area contributed by atoms with Crippen LogP contribution in [0.2, 0.25) is 0 Å². The van der Waals surface area contributed by atoms with E-state index in [-0.39, 0.29) is 11.9 Å². The fourth-order valence-electron chi connectivity index (χ4n) is 3.94. The van der Waals surface area contributed by atoms with Gasteiger partial charge in [-0.05, 0) is 55.3 Å². The zero-order chi connectivity index (χ0) is 21.2. The third-order valence-electron chi connectivity index (χ3n) is 5.61. The van der Waals surface area contributed by atoms with E-state index in [1.807, 2.05) is 49.4 Å². The second-order valence-electron chi connectivity index (χ2n) is 7.67. The average molecular weight is 414 g/mol. The fraction of sp³-hybridized carbons (Fsp3) is 0.200. The largest absolute Gasteiger partial charge is 0.483 e. The van der Waals surface area contributed by atoms with E-state index in [1.165, 1.54) is 11.6 Å². The van der Waals surface area contributed by atoms with Gasteiger partial charge in [-0.25, -0.2) is 14.4 Å². The first-order chi connectivity index (χ1) is 15.2. The van der Waals surface area contributed by atoms with Gasteiger partial charge in [0.1, 0.15) is 18.1 Å². The van der Waals surface area contributed by atoms with Crippen LogP contribution in [0.4, 0.5) is 4.39 Å². The molecule has 0 saturated heterocycles. The van der Waals surface area contributed by atoms with Gasteiger partial charge in [0.15, 0.2) is 11.6 Å². The fourth-order valence-corrected chi connectivity index (χ4v) is 3.94. The third-order valence-corrected chi connectivity index (χ3v) is 5.61. The molecule has 1 aliphatic heterocycles. The molecule has 4 aromatic rings. The molecule has 0 amide bonds. The lowest BCUT2D eigenvalue weighted by Crippen LogP contribution is -2.20. The Kier molecular flexibility index (Phi) is 5.22. The van der Waals surface area contributed by atoms with Gasteiger partial charge in [-0.3, -0.25) is 0 Å². The normalized spacial score (nSPS) is 15.0. The molecule has 31 heavy (non-hydrogen) atoms. The van der Waals surface area contributed by atoms with Crippen LogP contribution in [0.5, 0.6) is 5.75 Å². The minimum atomic E-state index is -0.397. The average Bonchev–Trinajstić information content (AvgIpc) is 3.26. The smallest absolute Gasteiger partial charge is 0.165 e. The molecule has 2 aromatic carbocycles. The van der Waals surface area contributed by atoms with E-state index in [2.05, 4.69) is 26.3 Å². The number of ether oxygens (including phenoxy) is 1. The Morgan fingerprint density at radius 2 is 1.94 bits per heavy atom. The molecule has 0 fully saturated rings. The van der Waals surface area contributed by atoms with E-state index in [9.17, 15) is 4.39 Å². The Hall–Kier alpha value is -3.51. The topological polar surface area (TPSA) is 62.8 Å². The summed E-state index contributed by atoms with van der Waals surface area (Å²) in [6.45, 7) is 3.69. The number of nitrogens with zero attached hydrogens (tertiary/aromatic N) is 2. The van der Waals surface area contributed by atoms with E-state index >= 15 is 0 Å². The number of rotatable bonds is 5. The second kappa shape index (κ2) is 8.32. The first-order valence-corrected chi connectivity index (χ1v) is 10.4. The molecule has 2 N–H and O–H groups in total. The number of aromatic nitrogens is 3. The molecule has 6 heteroatoms. The Balaban J connectivity index is 1.44. The molecule has 5 rings (SSSR count). The van der Waals surface area contributed by atoms with Crippen LogP contribution in [0, 0.1) is 5.82 Å². The van der Waals surface area contributed by atoms with Gasteiger partial charge in [-0.2, -0.15) is 0 Å². The molecule has 1 atom stereocenters. The third kappa shape index (κ3) is 3.94. The molecule has 1 unspecified atom stereocenters. The van der Waals surface area contributed by atoms with E-state index < -0.39 is 5.82 Å². The molecule has 3 heterocycles. The summed E-state index contributed by atoms with van der Waals surface area (Å²) in [5, 5.41) is 4.27. The van der Waals surface area contributed by atoms with Gasteiger partial charge in [0.25, 0.3) is 0 Å². The van der Waals surface area contributed by atoms with Gasteiger partial charge < -0.3 is 15.0 Å². The predicted octanol–water partition coefficient (Wildman–Crippen LogP) is 5.28. The minimum Gasteiger partial charge on any atom is -0.483 e. The molecule has 2 aromatic heterocycles. The van der Waals surface area contributed by atoms with Gasteiger partial charge in [0.2, 0.25) is 0 Å². The van der Waals surface area contributed by atoms with Gasteiger partial charge in [-0.15, -0.1) is 0 Å². The predicted molar refractivity (Wildman–Crippen MR) is 120 cm³/mol. The van der Waals surface area contributed by atoms with Crippen LogP contribution in [0.25, 0.3) is 27.9 Å². The highest BCUT2D eigenvalue weighted by Gasteiger charge is 2.16. The summed E-state index contributed by atoms with van der Waals surface area (Å²) in [4.78, 5) is 12.2. The van der Waals surface area contributed by atoms with Crippen LogP contribution in [-0.2, 0) is 0 Å². The second-order valence-corrected chi connectivity index (χ2v) is 7.67. The van der Waals surface area contributed by atoms with Crippen molar-refractivity contribution in [2.45, 2.75) is 19.4 Å². The number of aromatic amines is 1. The van der Waals surface area contributed by atoms with Crippen molar-refractivity contribution in [3.63, 3.8) is 0 Å². The number of H-pyrrole nitrogens is 1. The Labute approximate surface area is 180 Å². The summed E-state index contributed by atoms with van der Waals surface area (Å²) < 4.78 is 20.7. The minimum absolute atomic E-state index is 0.233. The van der Waals surface area contributed by atoms with E-state index in [4.69, 9.17) is 4.74 Å². The van der Waals surface area contributed by atoms with Crippen molar-refractivity contribution in [2.75, 3.05) is 13.1 Å². The van der Waals surface area contributed by atoms with Crippen molar-refractivity contribution in [1.29, 1.82) is 0 Å². The highest BCUT2D eigenvalue weighted by molar-refractivity contribution is 5.92. The zero-order valence-electron chi connectivity index (χ0n) is 17.2. The first-order valence-electron chi connectivity index (χ1n) is 10.4. The summed E-state index contributed by atoms with van der Waals surface area (Å²) in [6.07, 6.45) is 4.42. The molecule has 5 nitrogen and oxygen atoms in total. The van der Waals surface area contributed by atoms with Gasteiger partial charge in [-0.1, -0.05) is 36.4 Å². The quantitative estimate of drug-likeness (QED) is 0.466. The van der Waals surface area contributed by atoms with E-state index in [0.717, 1.165) is 53.1 Å². The van der Waals surface area contributed by atoms with Crippen LogP contribution in [0.15, 0.2) is 67.0 Å². The Morgan fingerprint density at radius 3 is 2.71 bits per heavy atom. The van der Waals surface area contributed by atoms with Crippen LogP contribution < -0.4 is 10.1 Å². The number of benzene rings is 2. The molecular weight excluding hydrogens is 391 g/mol. The van der Waals surface area contributed by atoms with Crippen LogP contribution in [0.1, 0.15) is 30.7 Å². The summed E-state index contributed by atoms with van der Waals surface area (Å²) in [7, 11) is 0. The van der Waals surface area contributed by atoms with Crippen LogP contribution in [0.3, 0.4) is 0 Å². The Bertz CT molecular complexity index is 1250.